The van der Waals surface area contributed by atoms with E-state index in [0.717, 1.165) is 72.5 Å². The fourth-order valence-corrected chi connectivity index (χ4v) is 19.2. The van der Waals surface area contributed by atoms with Gasteiger partial charge in [0, 0.05) is 67.9 Å². The number of nitrogens with zero attached hydrogens (tertiary/aromatic N) is 3. The number of fused-ring (bicyclic) bond motifs is 13. The first-order valence-electron chi connectivity index (χ1n) is 28.4. The van der Waals surface area contributed by atoms with Crippen LogP contribution in [0.1, 0.15) is 148 Å². The summed E-state index contributed by atoms with van der Waals surface area (Å²) in [6.07, 6.45) is 25.4. The molecule has 9 aliphatic rings. The van der Waals surface area contributed by atoms with Crippen molar-refractivity contribution in [2.75, 3.05) is 0 Å². The normalized spacial score (nSPS) is 39.1. The van der Waals surface area contributed by atoms with Gasteiger partial charge in [0.1, 0.15) is 6.10 Å². The van der Waals surface area contributed by atoms with Gasteiger partial charge >= 0.3 is 5.97 Å². The number of ketones is 2. The number of aliphatic hydroxyl groups is 1. The number of rotatable bonds is 8. The zero-order valence-corrected chi connectivity index (χ0v) is 48.8. The second-order valence-electron chi connectivity index (χ2n) is 26.0. The smallest absolute Gasteiger partial charge is 0.303 e. The molecule has 14 heteroatoms. The molecule has 2 aromatic heterocycles. The molecule has 0 saturated heterocycles. The Labute approximate surface area is 474 Å². The average molecular weight is 1130 g/mol. The van der Waals surface area contributed by atoms with Crippen molar-refractivity contribution >= 4 is 63.9 Å². The van der Waals surface area contributed by atoms with Crippen LogP contribution in [0.15, 0.2) is 90.1 Å². The Morgan fingerprint density at radius 2 is 1.56 bits per heavy atom. The summed E-state index contributed by atoms with van der Waals surface area (Å²) in [6, 6.07) is 13.0. The fourth-order valence-electron chi connectivity index (χ4n) is 18.1. The van der Waals surface area contributed by atoms with E-state index in [-0.39, 0.29) is 57.6 Å². The maximum absolute atomic E-state index is 12.8. The van der Waals surface area contributed by atoms with Gasteiger partial charge in [-0.1, -0.05) is 98.4 Å². The predicted octanol–water partition coefficient (Wildman–Crippen LogP) is 14.5. The van der Waals surface area contributed by atoms with Crippen LogP contribution in [0, 0.1) is 74.9 Å². The Morgan fingerprint density at radius 3 is 2.27 bits per heavy atom. The second-order valence-corrected chi connectivity index (χ2v) is 27.7. The molecule has 0 radical (unpaired) electrons. The van der Waals surface area contributed by atoms with Crippen molar-refractivity contribution in [1.29, 1.82) is 0 Å². The summed E-state index contributed by atoms with van der Waals surface area (Å²) in [4.78, 5) is 41.2. The number of aromatic amines is 1. The number of aromatic nitrogens is 4. The quantitative estimate of drug-likeness (QED) is 0.167. The van der Waals surface area contributed by atoms with Gasteiger partial charge in [-0.05, 0) is 203 Å². The van der Waals surface area contributed by atoms with Crippen molar-refractivity contribution in [2.45, 2.75) is 162 Å². The van der Waals surface area contributed by atoms with Crippen LogP contribution in [0.25, 0.3) is 0 Å². The third kappa shape index (κ3) is 9.25. The largest absolute Gasteiger partial charge is 0.451 e. The molecule has 1 unspecified atom stereocenters. The molecule has 16 atom stereocenters. The van der Waals surface area contributed by atoms with Crippen molar-refractivity contribution in [3.63, 3.8) is 0 Å². The third-order valence-electron chi connectivity index (χ3n) is 22.6. The van der Waals surface area contributed by atoms with E-state index in [2.05, 4.69) is 62.1 Å². The first kappa shape index (κ1) is 55.2. The highest BCUT2D eigenvalue weighted by atomic mass is 35.5. The number of H-pyrrole nitrogens is 1. The summed E-state index contributed by atoms with van der Waals surface area (Å²) in [5.74, 6) is 4.47. The molecular formula is C63H76Cl4N4O6. The maximum atomic E-state index is 12.8. The Bertz CT molecular complexity index is 2990. The summed E-state index contributed by atoms with van der Waals surface area (Å²) >= 11 is 25.1. The molecule has 0 bridgehead atoms. The van der Waals surface area contributed by atoms with Gasteiger partial charge in [0.2, 0.25) is 0 Å². The number of hydrogen-bond donors (Lipinski definition) is 2. The van der Waals surface area contributed by atoms with E-state index in [1.165, 1.54) is 63.1 Å². The highest BCUT2D eigenvalue weighted by Crippen LogP contribution is 2.73. The van der Waals surface area contributed by atoms with E-state index in [1.54, 1.807) is 25.5 Å². The number of nitrogens with one attached hydrogen (secondary N) is 1. The Morgan fingerprint density at radius 1 is 0.844 bits per heavy atom. The van der Waals surface area contributed by atoms with E-state index in [9.17, 15) is 19.5 Å². The molecule has 0 spiro atoms. The van der Waals surface area contributed by atoms with Crippen LogP contribution in [0.3, 0.4) is 0 Å². The number of carbonyl (C=O) groups is 3. The SMILES string of the molecule is CC(=O)O[C@]1(C(C)=O)CC[C@H]2[C@@H]3C=C(Cl)C4=CC(=O)[C@@H]5C[C@@H]5[C@]4(C)[C@H]3CC[C@@]21C.C[C@]12Cc3c[nH]nc3C[C@@H]1CC[C@@H]1[C@@H]2CC[C@@]2(C)[C@H]1CC[C@]2(C)O.Clc1ccc(COC(Cn2ccnc2)c2ccc(Cl)cc2Cl)cc1. The zero-order valence-electron chi connectivity index (χ0n) is 45.7. The number of allylic oxidation sites excluding steroid dienone is 4. The molecule has 6 saturated carbocycles. The number of benzene rings is 2. The van der Waals surface area contributed by atoms with E-state index in [0.29, 0.717) is 56.9 Å². The minimum atomic E-state index is -1.03. The van der Waals surface area contributed by atoms with Gasteiger partial charge in [0.05, 0.1) is 30.8 Å². The molecule has 13 rings (SSSR count). The van der Waals surface area contributed by atoms with Gasteiger partial charge < -0.3 is 19.1 Å². The maximum Gasteiger partial charge on any atom is 0.303 e. The topological polar surface area (TPSA) is 136 Å². The minimum Gasteiger partial charge on any atom is -0.451 e. The van der Waals surface area contributed by atoms with Gasteiger partial charge in [-0.25, -0.2) is 4.98 Å². The molecule has 10 nitrogen and oxygen atoms in total. The number of carbonyl (C=O) groups excluding carboxylic acids is 3. The first-order chi connectivity index (χ1) is 36.5. The molecule has 2 aromatic carbocycles. The van der Waals surface area contributed by atoms with Crippen molar-refractivity contribution in [3.05, 3.63) is 128 Å². The van der Waals surface area contributed by atoms with Crippen molar-refractivity contribution in [2.24, 2.45) is 74.9 Å². The van der Waals surface area contributed by atoms with Crippen LogP contribution in [0.4, 0.5) is 0 Å². The van der Waals surface area contributed by atoms with Crippen LogP contribution >= 0.6 is 46.4 Å². The highest BCUT2D eigenvalue weighted by molar-refractivity contribution is 6.35. The van der Waals surface area contributed by atoms with Gasteiger partial charge in [-0.3, -0.25) is 19.5 Å². The van der Waals surface area contributed by atoms with Crippen molar-refractivity contribution in [1.82, 2.24) is 19.7 Å². The Balaban J connectivity index is 0.000000124. The summed E-state index contributed by atoms with van der Waals surface area (Å²) in [7, 11) is 0. The zero-order chi connectivity index (χ0) is 54.6. The molecular weight excluding hydrogens is 1050 g/mol. The first-order valence-corrected chi connectivity index (χ1v) is 29.9. The number of ether oxygens (including phenoxy) is 2. The van der Waals surface area contributed by atoms with Gasteiger partial charge in [0.25, 0.3) is 0 Å². The molecule has 0 aliphatic heterocycles. The third-order valence-corrected chi connectivity index (χ3v) is 23.7. The van der Waals surface area contributed by atoms with E-state index in [4.69, 9.17) is 55.9 Å². The van der Waals surface area contributed by atoms with Crippen LogP contribution < -0.4 is 0 Å². The monoisotopic (exact) mass is 1120 g/mol. The van der Waals surface area contributed by atoms with E-state index in [1.807, 2.05) is 53.2 Å². The lowest BCUT2D eigenvalue weighted by atomic mass is 9.44. The molecule has 412 valence electrons. The van der Waals surface area contributed by atoms with Gasteiger partial charge in [-0.15, -0.1) is 0 Å². The lowest BCUT2D eigenvalue weighted by molar-refractivity contribution is -0.185. The number of hydrogen-bond acceptors (Lipinski definition) is 8. The van der Waals surface area contributed by atoms with Gasteiger partial charge in [0.15, 0.2) is 17.2 Å². The van der Waals surface area contributed by atoms with Gasteiger partial charge in [-0.2, -0.15) is 5.10 Å². The number of esters is 1. The molecule has 6 fully saturated rings. The summed E-state index contributed by atoms with van der Waals surface area (Å²) in [6.45, 7) is 15.6. The second kappa shape index (κ2) is 20.3. The predicted molar refractivity (Wildman–Crippen MR) is 301 cm³/mol. The van der Waals surface area contributed by atoms with E-state index < -0.39 is 11.2 Å². The lowest BCUT2D eigenvalue weighted by Crippen LogP contribution is -2.58. The number of imidazole rings is 1. The van der Waals surface area contributed by atoms with Crippen LogP contribution in [0.5, 0.6) is 0 Å². The van der Waals surface area contributed by atoms with Crippen LogP contribution in [-0.2, 0) is 49.9 Å². The highest BCUT2D eigenvalue weighted by Gasteiger charge is 2.71. The molecule has 4 aromatic rings. The molecule has 9 aliphatic carbocycles. The lowest BCUT2D eigenvalue weighted by Gasteiger charge is -2.60. The number of halogens is 4. The summed E-state index contributed by atoms with van der Waals surface area (Å²) < 4.78 is 13.9. The molecule has 0 amide bonds. The molecule has 77 heavy (non-hydrogen) atoms. The average Bonchev–Trinajstić information content (AvgIpc) is 3.82. The van der Waals surface area contributed by atoms with Crippen LogP contribution in [0.2, 0.25) is 15.1 Å². The standard InChI is InChI=1S/C24H29ClO4.C21H32N2O.C18H15Cl3N2O/c1-12(26)24(29-13(2)27)8-6-16-14-10-20(25)19-11-21(28)15-9-18(15)23(19,4)17(14)5-7-22(16,24)3;1-19-11-13-12-22-23-18(13)10-14(19)4-5-15-16(19)6-8-20(2)17(15)7-9-21(20,3)24;19-14-3-1-13(2-4-14)11-24-18(10-23-8-7-22-12-23)16-6-5-15(20)9-17(16)21/h10-11,14-18H,5-9H2,1-4H3;12,14-17,24H,4-11H2,1-3H3,(H,22,23);1-9,12,18H,10-11H2/t14-,15+,16-,17-,18-,22-,23-,24-;14-,15+,16-,17-,19-,20-,21-;/m00./s1. The Hall–Kier alpha value is -3.77. The van der Waals surface area contributed by atoms with Crippen LogP contribution in [-0.4, -0.2) is 53.6 Å². The molecule has 2 N–H and O–H groups in total. The summed E-state index contributed by atoms with van der Waals surface area (Å²) in [5, 5.41) is 21.2. The molecule has 2 heterocycles. The fraction of sp³-hybridized carbons (Fsp3) is 0.603. The summed E-state index contributed by atoms with van der Waals surface area (Å²) in [5.41, 5.74) is 4.42. The Kier molecular flexibility index (Phi) is 14.6. The van der Waals surface area contributed by atoms with Crippen molar-refractivity contribution < 1.29 is 29.0 Å². The number of Topliss-reactive ketones (excluding diaryl/α,β-unsaturated/α-hetero) is 1. The minimum absolute atomic E-state index is 0.0423. The van der Waals surface area contributed by atoms with Crippen molar-refractivity contribution in [3.8, 4) is 0 Å². The van der Waals surface area contributed by atoms with E-state index >= 15 is 0 Å².